The van der Waals surface area contributed by atoms with Gasteiger partial charge >= 0.3 is 0 Å². The van der Waals surface area contributed by atoms with Crippen LogP contribution < -0.4 is 0 Å². The first-order valence-electron chi connectivity index (χ1n) is 10.9. The molecule has 0 unspecified atom stereocenters. The van der Waals surface area contributed by atoms with Crippen molar-refractivity contribution in [3.8, 4) is 0 Å². The molecular weight excluding hydrogens is 419 g/mol. The summed E-state index contributed by atoms with van der Waals surface area (Å²) in [7, 11) is 0. The van der Waals surface area contributed by atoms with Gasteiger partial charge < -0.3 is 0 Å². The Morgan fingerprint density at radius 3 is 2.21 bits per heavy atom. The van der Waals surface area contributed by atoms with Gasteiger partial charge in [0, 0.05) is 5.54 Å². The predicted octanol–water partition coefficient (Wildman–Crippen LogP) is 9.37. The summed E-state index contributed by atoms with van der Waals surface area (Å²) >= 11 is 17.7. The lowest BCUT2D eigenvalue weighted by Crippen LogP contribution is -2.13. The molecule has 0 nitrogen and oxygen atoms in total. The van der Waals surface area contributed by atoms with E-state index in [-0.39, 0.29) is 0 Å². The molecule has 2 aromatic carbocycles. The van der Waals surface area contributed by atoms with Gasteiger partial charge in [0.2, 0.25) is 0 Å². The van der Waals surface area contributed by atoms with E-state index in [0.717, 1.165) is 31.1 Å². The standard InChI is InChI=1S/C26H31Cl3/c27-18-4-3-6-21-10-15-24(16-11-21)23-13-8-20(9-14-23)5-1-2-7-22-12-17-25(28)26(29)19-22/h4,10-12,15-20,23H,1-3,5-9,13-14H2. The second kappa shape index (κ2) is 12.0. The smallest absolute Gasteiger partial charge is 0.0595 e. The summed E-state index contributed by atoms with van der Waals surface area (Å²) in [6.07, 6.45) is 14.5. The zero-order valence-electron chi connectivity index (χ0n) is 17.1. The molecule has 1 aliphatic carbocycles. The van der Waals surface area contributed by atoms with Crippen LogP contribution in [0, 0.1) is 5.92 Å². The SMILES string of the molecule is ClC=CCCc1ccc(C2CCC(CCCCc3ccc(Cl)c(Cl)c3)CC2)cc1. The van der Waals surface area contributed by atoms with Crippen molar-refractivity contribution >= 4 is 34.8 Å². The first kappa shape index (κ1) is 22.7. The topological polar surface area (TPSA) is 0 Å². The highest BCUT2D eigenvalue weighted by atomic mass is 35.5. The van der Waals surface area contributed by atoms with Crippen LogP contribution >= 0.6 is 34.8 Å². The fraction of sp³-hybridized carbons (Fsp3) is 0.462. The van der Waals surface area contributed by atoms with Crippen molar-refractivity contribution in [2.24, 2.45) is 5.92 Å². The predicted molar refractivity (Wildman–Crippen MR) is 128 cm³/mol. The molecule has 0 spiro atoms. The van der Waals surface area contributed by atoms with Crippen molar-refractivity contribution in [1.29, 1.82) is 0 Å². The zero-order chi connectivity index (χ0) is 20.5. The fourth-order valence-corrected chi connectivity index (χ4v) is 4.96. The van der Waals surface area contributed by atoms with Crippen LogP contribution in [0.15, 0.2) is 54.1 Å². The second-order valence-corrected chi connectivity index (χ2v) is 9.42. The third-order valence-corrected chi connectivity index (χ3v) is 7.22. The van der Waals surface area contributed by atoms with Gasteiger partial charge in [-0.05, 0) is 92.0 Å². The van der Waals surface area contributed by atoms with Crippen LogP contribution in [0.2, 0.25) is 10.0 Å². The van der Waals surface area contributed by atoms with E-state index in [9.17, 15) is 0 Å². The Morgan fingerprint density at radius 2 is 1.52 bits per heavy atom. The summed E-state index contributed by atoms with van der Waals surface area (Å²) < 4.78 is 0. The van der Waals surface area contributed by atoms with Crippen LogP contribution in [0.25, 0.3) is 0 Å². The van der Waals surface area contributed by atoms with Gasteiger partial charge in [0.05, 0.1) is 10.0 Å². The normalized spacial score (nSPS) is 19.7. The molecule has 3 heteroatoms. The van der Waals surface area contributed by atoms with Crippen LogP contribution in [0.1, 0.15) is 74.0 Å². The monoisotopic (exact) mass is 448 g/mol. The second-order valence-electron chi connectivity index (χ2n) is 8.35. The average molecular weight is 450 g/mol. The highest BCUT2D eigenvalue weighted by molar-refractivity contribution is 6.42. The number of hydrogen-bond acceptors (Lipinski definition) is 0. The molecule has 0 amide bonds. The van der Waals surface area contributed by atoms with E-state index in [4.69, 9.17) is 34.8 Å². The van der Waals surface area contributed by atoms with Crippen molar-refractivity contribution in [3.63, 3.8) is 0 Å². The minimum atomic E-state index is 0.644. The summed E-state index contributed by atoms with van der Waals surface area (Å²) in [6, 6.07) is 15.3. The van der Waals surface area contributed by atoms with E-state index in [2.05, 4.69) is 30.3 Å². The lowest BCUT2D eigenvalue weighted by molar-refractivity contribution is 0.303. The van der Waals surface area contributed by atoms with Gasteiger partial charge in [-0.15, -0.1) is 0 Å². The molecule has 0 bridgehead atoms. The maximum atomic E-state index is 6.11. The van der Waals surface area contributed by atoms with E-state index < -0.39 is 0 Å². The fourth-order valence-electron chi connectivity index (χ4n) is 4.51. The molecule has 0 aromatic heterocycles. The number of allylic oxidation sites excluding steroid dienone is 1. The molecule has 0 saturated heterocycles. The summed E-state index contributed by atoms with van der Waals surface area (Å²) in [4.78, 5) is 0. The van der Waals surface area contributed by atoms with E-state index in [1.54, 1.807) is 5.54 Å². The molecule has 0 heterocycles. The lowest BCUT2D eigenvalue weighted by atomic mass is 9.77. The number of halogens is 3. The average Bonchev–Trinajstić information content (AvgIpc) is 2.75. The first-order chi connectivity index (χ1) is 14.2. The molecule has 0 atom stereocenters. The molecule has 1 saturated carbocycles. The van der Waals surface area contributed by atoms with Crippen LogP contribution in [0.3, 0.4) is 0 Å². The number of aryl methyl sites for hydroxylation is 2. The molecule has 1 aliphatic rings. The largest absolute Gasteiger partial charge is 0.0933 e. The molecule has 1 fully saturated rings. The maximum Gasteiger partial charge on any atom is 0.0595 e. The molecule has 3 rings (SSSR count). The Labute approximate surface area is 191 Å². The Balaban J connectivity index is 1.35. The molecule has 156 valence electrons. The van der Waals surface area contributed by atoms with E-state index in [1.165, 1.54) is 61.6 Å². The van der Waals surface area contributed by atoms with Crippen LogP contribution in [0.5, 0.6) is 0 Å². The van der Waals surface area contributed by atoms with Gasteiger partial charge in [0.15, 0.2) is 0 Å². The van der Waals surface area contributed by atoms with Crippen LogP contribution in [-0.2, 0) is 12.8 Å². The first-order valence-corrected chi connectivity index (χ1v) is 12.1. The minimum absolute atomic E-state index is 0.644. The Morgan fingerprint density at radius 1 is 0.793 bits per heavy atom. The molecule has 29 heavy (non-hydrogen) atoms. The van der Waals surface area contributed by atoms with Crippen molar-refractivity contribution in [1.82, 2.24) is 0 Å². The Kier molecular flexibility index (Phi) is 9.43. The quantitative estimate of drug-likeness (QED) is 0.334. The zero-order valence-corrected chi connectivity index (χ0v) is 19.3. The van der Waals surface area contributed by atoms with E-state index in [0.29, 0.717) is 10.0 Å². The van der Waals surface area contributed by atoms with Gasteiger partial charge in [-0.3, -0.25) is 0 Å². The molecule has 0 N–H and O–H groups in total. The number of benzene rings is 2. The molecule has 0 aliphatic heterocycles. The number of rotatable bonds is 9. The number of hydrogen-bond donors (Lipinski definition) is 0. The van der Waals surface area contributed by atoms with E-state index in [1.807, 2.05) is 18.2 Å². The van der Waals surface area contributed by atoms with Crippen molar-refractivity contribution in [3.05, 3.63) is 80.8 Å². The Bertz CT molecular complexity index is 771. The summed E-state index contributed by atoms with van der Waals surface area (Å²) in [5.74, 6) is 1.65. The third-order valence-electron chi connectivity index (χ3n) is 6.30. The molecular formula is C26H31Cl3. The summed E-state index contributed by atoms with van der Waals surface area (Å²) in [5, 5.41) is 1.31. The van der Waals surface area contributed by atoms with Crippen molar-refractivity contribution in [2.45, 2.75) is 70.1 Å². The summed E-state index contributed by atoms with van der Waals surface area (Å²) in [5.41, 5.74) is 5.84. The van der Waals surface area contributed by atoms with Crippen LogP contribution in [0.4, 0.5) is 0 Å². The van der Waals surface area contributed by atoms with Gasteiger partial charge in [-0.2, -0.15) is 0 Å². The van der Waals surface area contributed by atoms with Crippen molar-refractivity contribution < 1.29 is 0 Å². The van der Waals surface area contributed by atoms with E-state index >= 15 is 0 Å². The minimum Gasteiger partial charge on any atom is -0.0933 e. The molecule has 0 radical (unpaired) electrons. The van der Waals surface area contributed by atoms with Gasteiger partial charge in [-0.1, -0.05) is 84.1 Å². The van der Waals surface area contributed by atoms with Crippen molar-refractivity contribution in [2.75, 3.05) is 0 Å². The van der Waals surface area contributed by atoms with Crippen LogP contribution in [-0.4, -0.2) is 0 Å². The molecule has 2 aromatic rings. The third kappa shape index (κ3) is 7.35. The lowest BCUT2D eigenvalue weighted by Gasteiger charge is -2.29. The Hall–Kier alpha value is -0.950. The highest BCUT2D eigenvalue weighted by Gasteiger charge is 2.22. The van der Waals surface area contributed by atoms with Gasteiger partial charge in [0.25, 0.3) is 0 Å². The van der Waals surface area contributed by atoms with Gasteiger partial charge in [-0.25, -0.2) is 0 Å². The maximum absolute atomic E-state index is 6.11. The number of unbranched alkanes of at least 4 members (excludes halogenated alkanes) is 1. The summed E-state index contributed by atoms with van der Waals surface area (Å²) in [6.45, 7) is 0. The van der Waals surface area contributed by atoms with Gasteiger partial charge in [0.1, 0.15) is 0 Å². The highest BCUT2D eigenvalue weighted by Crippen LogP contribution is 2.38.